The fraction of sp³-hybridized carbons (Fsp3) is 0.300. The van der Waals surface area contributed by atoms with Gasteiger partial charge in [0.15, 0.2) is 0 Å². The number of allylic oxidation sites excluding steroid dienone is 1. The molecule has 0 amide bonds. The first-order chi connectivity index (χ1) is 12.1. The number of rotatable bonds is 2. The van der Waals surface area contributed by atoms with Crippen LogP contribution < -0.4 is 10.5 Å². The van der Waals surface area contributed by atoms with Crippen molar-refractivity contribution in [1.29, 1.82) is 0 Å². The van der Waals surface area contributed by atoms with Gasteiger partial charge in [0.2, 0.25) is 0 Å². The Hall–Kier alpha value is -2.69. The van der Waals surface area contributed by atoms with Crippen LogP contribution in [0.1, 0.15) is 41.5 Å². The standard InChI is InChI=1S/C20H18FN3O/c1-25-17-9-15-16(24-19(22)20(15)4-2-5-20)8-13(17)14-7-11-10-23-6-3-12(11)18(14)21/h3,6,8-10H,2,4-5,7H2,1H3,(H2,22,24). The highest BCUT2D eigenvalue weighted by atomic mass is 19.1. The van der Waals surface area contributed by atoms with Crippen LogP contribution in [0.25, 0.3) is 11.4 Å². The van der Waals surface area contributed by atoms with Crippen molar-refractivity contribution in [2.75, 3.05) is 7.11 Å². The van der Waals surface area contributed by atoms with E-state index in [4.69, 9.17) is 10.5 Å². The molecule has 0 saturated heterocycles. The molecule has 0 radical (unpaired) electrons. The Kier molecular flexibility index (Phi) is 2.87. The zero-order valence-corrected chi connectivity index (χ0v) is 14.0. The summed E-state index contributed by atoms with van der Waals surface area (Å²) in [5.41, 5.74) is 11.0. The first-order valence-corrected chi connectivity index (χ1v) is 8.53. The smallest absolute Gasteiger partial charge is 0.135 e. The summed E-state index contributed by atoms with van der Waals surface area (Å²) in [4.78, 5) is 8.69. The molecule has 2 heterocycles. The van der Waals surface area contributed by atoms with Crippen LogP contribution in [0.15, 0.2) is 35.6 Å². The highest BCUT2D eigenvalue weighted by Crippen LogP contribution is 2.54. The third-order valence-corrected chi connectivity index (χ3v) is 5.87. The Morgan fingerprint density at radius 1 is 1.24 bits per heavy atom. The zero-order valence-electron chi connectivity index (χ0n) is 14.0. The van der Waals surface area contributed by atoms with E-state index in [0.29, 0.717) is 29.1 Å². The lowest BCUT2D eigenvalue weighted by Crippen LogP contribution is -2.44. The van der Waals surface area contributed by atoms with Crippen LogP contribution in [-0.4, -0.2) is 17.9 Å². The summed E-state index contributed by atoms with van der Waals surface area (Å²) < 4.78 is 20.6. The van der Waals surface area contributed by atoms with Crippen molar-refractivity contribution >= 4 is 22.9 Å². The number of aliphatic imine (C=N–C) groups is 1. The Morgan fingerprint density at radius 3 is 2.76 bits per heavy atom. The lowest BCUT2D eigenvalue weighted by Gasteiger charge is -2.39. The van der Waals surface area contributed by atoms with E-state index in [1.165, 1.54) is 0 Å². The van der Waals surface area contributed by atoms with Gasteiger partial charge >= 0.3 is 0 Å². The predicted octanol–water partition coefficient (Wildman–Crippen LogP) is 3.91. The molecule has 2 aromatic rings. The van der Waals surface area contributed by atoms with Gasteiger partial charge in [-0.3, -0.25) is 4.98 Å². The predicted molar refractivity (Wildman–Crippen MR) is 95.7 cm³/mol. The molecule has 1 aliphatic heterocycles. The molecule has 126 valence electrons. The van der Waals surface area contributed by atoms with Crippen LogP contribution in [0.3, 0.4) is 0 Å². The first kappa shape index (κ1) is 14.6. The molecule has 0 bridgehead atoms. The number of hydrogen-bond acceptors (Lipinski definition) is 4. The molecule has 1 aromatic carbocycles. The molecule has 2 aliphatic carbocycles. The van der Waals surface area contributed by atoms with E-state index in [1.807, 2.05) is 12.1 Å². The SMILES string of the molecule is COc1cc2c(cc1C1=C(F)c3ccncc3C1)N=C(N)C21CCC1. The Morgan fingerprint density at radius 2 is 2.08 bits per heavy atom. The summed E-state index contributed by atoms with van der Waals surface area (Å²) in [6, 6.07) is 5.66. The molecule has 1 saturated carbocycles. The highest BCUT2D eigenvalue weighted by molar-refractivity contribution is 6.02. The number of nitrogens with zero attached hydrogens (tertiary/aromatic N) is 2. The minimum absolute atomic E-state index is 0.128. The summed E-state index contributed by atoms with van der Waals surface area (Å²) in [5.74, 6) is 1.16. The maximum absolute atomic E-state index is 15.0. The van der Waals surface area contributed by atoms with Crippen molar-refractivity contribution in [2.45, 2.75) is 31.1 Å². The van der Waals surface area contributed by atoms with E-state index in [9.17, 15) is 4.39 Å². The van der Waals surface area contributed by atoms with Crippen LogP contribution in [0, 0.1) is 0 Å². The van der Waals surface area contributed by atoms with Crippen molar-refractivity contribution in [3.63, 3.8) is 0 Å². The molecule has 1 fully saturated rings. The normalized spacial score (nSPS) is 19.5. The molecular formula is C20H18FN3O. The second kappa shape index (κ2) is 4.91. The number of methoxy groups -OCH3 is 1. The maximum atomic E-state index is 15.0. The van der Waals surface area contributed by atoms with Gasteiger partial charge < -0.3 is 10.5 Å². The Bertz CT molecular complexity index is 973. The number of halogens is 1. The van der Waals surface area contributed by atoms with Gasteiger partial charge in [-0.05, 0) is 42.2 Å². The lowest BCUT2D eigenvalue weighted by molar-refractivity contribution is 0.342. The van der Waals surface area contributed by atoms with Gasteiger partial charge in [-0.25, -0.2) is 9.38 Å². The van der Waals surface area contributed by atoms with E-state index in [-0.39, 0.29) is 11.2 Å². The van der Waals surface area contributed by atoms with Gasteiger partial charge in [0.05, 0.1) is 18.2 Å². The number of benzene rings is 1. The molecule has 2 N–H and O–H groups in total. The van der Waals surface area contributed by atoms with Gasteiger partial charge in [-0.15, -0.1) is 0 Å². The van der Waals surface area contributed by atoms with Crippen LogP contribution in [-0.2, 0) is 11.8 Å². The molecular weight excluding hydrogens is 317 g/mol. The minimum Gasteiger partial charge on any atom is -0.496 e. The largest absolute Gasteiger partial charge is 0.496 e. The number of fused-ring (bicyclic) bond motifs is 3. The average molecular weight is 335 g/mol. The molecule has 5 heteroatoms. The van der Waals surface area contributed by atoms with Gasteiger partial charge in [-0.1, -0.05) is 6.42 Å². The molecule has 1 aromatic heterocycles. The lowest BCUT2D eigenvalue weighted by atomic mass is 9.64. The molecule has 4 nitrogen and oxygen atoms in total. The van der Waals surface area contributed by atoms with E-state index in [0.717, 1.165) is 41.6 Å². The van der Waals surface area contributed by atoms with Gasteiger partial charge in [0.1, 0.15) is 17.4 Å². The quantitative estimate of drug-likeness (QED) is 0.905. The third kappa shape index (κ3) is 1.81. The van der Waals surface area contributed by atoms with Crippen molar-refractivity contribution in [2.24, 2.45) is 10.7 Å². The van der Waals surface area contributed by atoms with E-state index < -0.39 is 0 Å². The van der Waals surface area contributed by atoms with Crippen LogP contribution in [0.5, 0.6) is 5.75 Å². The summed E-state index contributed by atoms with van der Waals surface area (Å²) in [6.07, 6.45) is 7.04. The summed E-state index contributed by atoms with van der Waals surface area (Å²) in [7, 11) is 1.62. The Labute approximate surface area is 145 Å². The number of nitrogens with two attached hydrogens (primary N) is 1. The van der Waals surface area contributed by atoms with Crippen LogP contribution in [0.2, 0.25) is 0 Å². The number of hydrogen-bond donors (Lipinski definition) is 1. The van der Waals surface area contributed by atoms with Crippen LogP contribution >= 0.6 is 0 Å². The molecule has 0 atom stereocenters. The maximum Gasteiger partial charge on any atom is 0.135 e. The van der Waals surface area contributed by atoms with Gasteiger partial charge in [0.25, 0.3) is 0 Å². The second-order valence-electron chi connectivity index (χ2n) is 7.00. The number of pyridine rings is 1. The van der Waals surface area contributed by atoms with Gasteiger partial charge in [-0.2, -0.15) is 0 Å². The first-order valence-electron chi connectivity index (χ1n) is 8.53. The number of amidine groups is 1. The fourth-order valence-corrected chi connectivity index (χ4v) is 4.31. The Balaban J connectivity index is 1.67. The van der Waals surface area contributed by atoms with Crippen molar-refractivity contribution in [3.8, 4) is 5.75 Å². The second-order valence-corrected chi connectivity index (χ2v) is 7.00. The summed E-state index contributed by atoms with van der Waals surface area (Å²) >= 11 is 0. The third-order valence-electron chi connectivity index (χ3n) is 5.87. The van der Waals surface area contributed by atoms with Gasteiger partial charge in [0, 0.05) is 35.5 Å². The molecule has 5 rings (SSSR count). The fourth-order valence-electron chi connectivity index (χ4n) is 4.31. The minimum atomic E-state index is -0.205. The molecule has 25 heavy (non-hydrogen) atoms. The van der Waals surface area contributed by atoms with Crippen molar-refractivity contribution < 1.29 is 9.13 Å². The molecule has 0 unspecified atom stereocenters. The monoisotopic (exact) mass is 335 g/mol. The summed E-state index contributed by atoms with van der Waals surface area (Å²) in [5, 5.41) is 0. The topological polar surface area (TPSA) is 60.5 Å². The molecule has 3 aliphatic rings. The van der Waals surface area contributed by atoms with Crippen molar-refractivity contribution in [1.82, 2.24) is 4.98 Å². The molecule has 1 spiro atoms. The highest BCUT2D eigenvalue weighted by Gasteiger charge is 2.47. The number of ether oxygens (including phenoxy) is 1. The van der Waals surface area contributed by atoms with E-state index in [2.05, 4.69) is 9.98 Å². The van der Waals surface area contributed by atoms with E-state index >= 15 is 0 Å². The summed E-state index contributed by atoms with van der Waals surface area (Å²) in [6.45, 7) is 0. The van der Waals surface area contributed by atoms with E-state index in [1.54, 1.807) is 25.6 Å². The zero-order chi connectivity index (χ0) is 17.2. The van der Waals surface area contributed by atoms with Crippen molar-refractivity contribution in [3.05, 3.63) is 52.8 Å². The number of aromatic nitrogens is 1. The average Bonchev–Trinajstić information content (AvgIpc) is 3.07. The van der Waals surface area contributed by atoms with Crippen LogP contribution in [0.4, 0.5) is 10.1 Å².